The largest absolute Gasteiger partial charge is 0.338 e. The van der Waals surface area contributed by atoms with Crippen molar-refractivity contribution < 1.29 is 4.52 Å². The summed E-state index contributed by atoms with van der Waals surface area (Å²) in [7, 11) is 2.13. The first-order chi connectivity index (χ1) is 8.83. The molecule has 1 unspecified atom stereocenters. The maximum Gasteiger partial charge on any atom is 0.243 e. The van der Waals surface area contributed by atoms with E-state index in [1.165, 1.54) is 18.4 Å². The van der Waals surface area contributed by atoms with Gasteiger partial charge in [0, 0.05) is 6.42 Å². The molecule has 18 heavy (non-hydrogen) atoms. The number of aromatic nitrogens is 2. The second-order valence-electron chi connectivity index (χ2n) is 4.85. The zero-order chi connectivity index (χ0) is 12.4. The molecule has 0 aliphatic carbocycles. The molecule has 0 bridgehead atoms. The number of nitrogens with zero attached hydrogens (tertiary/aromatic N) is 3. The number of hydrogen-bond donors (Lipinski definition) is 0. The minimum Gasteiger partial charge on any atom is -0.338 e. The molecule has 1 fully saturated rings. The molecular weight excluding hydrogens is 246 g/mol. The molecule has 5 heteroatoms. The van der Waals surface area contributed by atoms with Gasteiger partial charge in [0.2, 0.25) is 5.89 Å². The summed E-state index contributed by atoms with van der Waals surface area (Å²) in [5.41, 5.74) is 1.25. The van der Waals surface area contributed by atoms with Crippen LogP contribution in [0.3, 0.4) is 0 Å². The quantitative estimate of drug-likeness (QED) is 0.854. The van der Waals surface area contributed by atoms with Crippen LogP contribution in [-0.4, -0.2) is 28.6 Å². The van der Waals surface area contributed by atoms with E-state index in [0.29, 0.717) is 6.04 Å². The molecule has 3 rings (SSSR count). The topological polar surface area (TPSA) is 42.2 Å². The van der Waals surface area contributed by atoms with Gasteiger partial charge in [0.1, 0.15) is 0 Å². The molecule has 1 aliphatic rings. The van der Waals surface area contributed by atoms with Crippen molar-refractivity contribution >= 4 is 11.3 Å². The van der Waals surface area contributed by atoms with E-state index in [-0.39, 0.29) is 0 Å². The van der Waals surface area contributed by atoms with Crippen molar-refractivity contribution in [3.05, 3.63) is 34.1 Å². The summed E-state index contributed by atoms with van der Waals surface area (Å²) < 4.78 is 5.42. The Morgan fingerprint density at radius 3 is 3.22 bits per heavy atom. The molecule has 96 valence electrons. The van der Waals surface area contributed by atoms with Gasteiger partial charge in [-0.1, -0.05) is 11.6 Å². The summed E-state index contributed by atoms with van der Waals surface area (Å²) in [4.78, 5) is 6.86. The molecule has 2 aromatic heterocycles. The maximum atomic E-state index is 5.42. The molecule has 1 aliphatic heterocycles. The predicted octanol–water partition coefficient (Wildman–Crippen LogP) is 2.88. The SMILES string of the molecule is CN1CCCCC1c1nc(Cc2ccsc2)no1. The molecule has 2 aromatic rings. The van der Waals surface area contributed by atoms with Crippen LogP contribution in [0.5, 0.6) is 0 Å². The van der Waals surface area contributed by atoms with Gasteiger partial charge in [0.25, 0.3) is 0 Å². The number of rotatable bonds is 3. The minimum absolute atomic E-state index is 0.308. The van der Waals surface area contributed by atoms with Crippen molar-refractivity contribution in [2.45, 2.75) is 31.7 Å². The highest BCUT2D eigenvalue weighted by atomic mass is 32.1. The summed E-state index contributed by atoms with van der Waals surface area (Å²) in [6.07, 6.45) is 4.40. The fourth-order valence-corrected chi connectivity index (χ4v) is 3.11. The Balaban J connectivity index is 1.72. The molecule has 0 N–H and O–H groups in total. The van der Waals surface area contributed by atoms with Gasteiger partial charge in [-0.25, -0.2) is 0 Å². The predicted molar refractivity (Wildman–Crippen MR) is 70.6 cm³/mol. The van der Waals surface area contributed by atoms with Crippen LogP contribution in [0.4, 0.5) is 0 Å². The molecule has 0 amide bonds. The van der Waals surface area contributed by atoms with Crippen molar-refractivity contribution in [3.8, 4) is 0 Å². The average Bonchev–Trinajstić information content (AvgIpc) is 3.02. The Labute approximate surface area is 111 Å². The van der Waals surface area contributed by atoms with Gasteiger partial charge in [0.05, 0.1) is 6.04 Å². The zero-order valence-electron chi connectivity index (χ0n) is 10.5. The van der Waals surface area contributed by atoms with E-state index in [2.05, 4.69) is 38.9 Å². The van der Waals surface area contributed by atoms with Crippen LogP contribution in [0.25, 0.3) is 0 Å². The summed E-state index contributed by atoms with van der Waals surface area (Å²) in [6.45, 7) is 1.12. The Bertz CT molecular complexity index is 494. The van der Waals surface area contributed by atoms with E-state index < -0.39 is 0 Å². The van der Waals surface area contributed by atoms with Gasteiger partial charge >= 0.3 is 0 Å². The first-order valence-corrected chi connectivity index (χ1v) is 7.31. The lowest BCUT2D eigenvalue weighted by Crippen LogP contribution is -2.29. The smallest absolute Gasteiger partial charge is 0.243 e. The highest BCUT2D eigenvalue weighted by molar-refractivity contribution is 7.07. The third-order valence-corrected chi connectivity index (χ3v) is 4.21. The van der Waals surface area contributed by atoms with Crippen molar-refractivity contribution in [2.75, 3.05) is 13.6 Å². The van der Waals surface area contributed by atoms with Crippen LogP contribution < -0.4 is 0 Å². The van der Waals surface area contributed by atoms with Crippen LogP contribution in [0.1, 0.15) is 42.6 Å². The fourth-order valence-electron chi connectivity index (χ4n) is 2.44. The third-order valence-electron chi connectivity index (χ3n) is 3.48. The van der Waals surface area contributed by atoms with Gasteiger partial charge < -0.3 is 4.52 Å². The van der Waals surface area contributed by atoms with Crippen molar-refractivity contribution in [3.63, 3.8) is 0 Å². The lowest BCUT2D eigenvalue weighted by molar-refractivity contribution is 0.150. The first kappa shape index (κ1) is 11.9. The van der Waals surface area contributed by atoms with Gasteiger partial charge in [0.15, 0.2) is 5.82 Å². The summed E-state index contributed by atoms with van der Waals surface area (Å²) in [5.74, 6) is 1.57. The lowest BCUT2D eigenvalue weighted by atomic mass is 10.0. The standard InChI is InChI=1S/C13H17N3OS/c1-16-6-3-2-4-11(16)13-14-12(15-17-13)8-10-5-7-18-9-10/h5,7,9,11H,2-4,6,8H2,1H3. The highest BCUT2D eigenvalue weighted by Gasteiger charge is 2.25. The van der Waals surface area contributed by atoms with Crippen molar-refractivity contribution in [1.29, 1.82) is 0 Å². The monoisotopic (exact) mass is 263 g/mol. The van der Waals surface area contributed by atoms with Gasteiger partial charge in [-0.3, -0.25) is 4.90 Å². The Morgan fingerprint density at radius 2 is 2.44 bits per heavy atom. The van der Waals surface area contributed by atoms with Crippen LogP contribution in [-0.2, 0) is 6.42 Å². The Hall–Kier alpha value is -1.20. The molecule has 0 spiro atoms. The molecular formula is C13H17N3OS. The molecule has 1 atom stereocenters. The molecule has 0 aromatic carbocycles. The van der Waals surface area contributed by atoms with Crippen molar-refractivity contribution in [2.24, 2.45) is 0 Å². The average molecular weight is 263 g/mol. The molecule has 0 radical (unpaired) electrons. The summed E-state index contributed by atoms with van der Waals surface area (Å²) in [6, 6.07) is 2.41. The highest BCUT2D eigenvalue weighted by Crippen LogP contribution is 2.28. The van der Waals surface area contributed by atoms with E-state index >= 15 is 0 Å². The minimum atomic E-state index is 0.308. The third kappa shape index (κ3) is 2.47. The van der Waals surface area contributed by atoms with Crippen LogP contribution in [0, 0.1) is 0 Å². The first-order valence-electron chi connectivity index (χ1n) is 6.37. The van der Waals surface area contributed by atoms with E-state index in [9.17, 15) is 0 Å². The van der Waals surface area contributed by atoms with E-state index in [0.717, 1.165) is 31.1 Å². The lowest BCUT2D eigenvalue weighted by Gasteiger charge is -2.29. The van der Waals surface area contributed by atoms with Gasteiger partial charge in [-0.15, -0.1) is 0 Å². The van der Waals surface area contributed by atoms with E-state index in [1.54, 1.807) is 11.3 Å². The summed E-state index contributed by atoms with van der Waals surface area (Å²) in [5, 5.41) is 8.29. The Kier molecular flexibility index (Phi) is 3.43. The Morgan fingerprint density at radius 1 is 1.50 bits per heavy atom. The van der Waals surface area contributed by atoms with Gasteiger partial charge in [-0.05, 0) is 48.8 Å². The zero-order valence-corrected chi connectivity index (χ0v) is 11.3. The fraction of sp³-hybridized carbons (Fsp3) is 0.538. The molecule has 3 heterocycles. The van der Waals surface area contributed by atoms with Crippen LogP contribution >= 0.6 is 11.3 Å². The molecule has 4 nitrogen and oxygen atoms in total. The number of hydrogen-bond acceptors (Lipinski definition) is 5. The van der Waals surface area contributed by atoms with E-state index in [1.807, 2.05) is 0 Å². The van der Waals surface area contributed by atoms with E-state index in [4.69, 9.17) is 4.52 Å². The normalized spacial score (nSPS) is 21.3. The molecule has 1 saturated heterocycles. The van der Waals surface area contributed by atoms with Crippen molar-refractivity contribution in [1.82, 2.24) is 15.0 Å². The number of likely N-dealkylation sites (tertiary alicyclic amines) is 1. The summed E-state index contributed by atoms with van der Waals surface area (Å²) >= 11 is 1.70. The second-order valence-corrected chi connectivity index (χ2v) is 5.63. The van der Waals surface area contributed by atoms with Gasteiger partial charge in [-0.2, -0.15) is 16.3 Å². The van der Waals surface area contributed by atoms with Crippen LogP contribution in [0.15, 0.2) is 21.3 Å². The number of piperidine rings is 1. The molecule has 0 saturated carbocycles. The second kappa shape index (κ2) is 5.20. The maximum absolute atomic E-state index is 5.42. The number of thiophene rings is 1. The van der Waals surface area contributed by atoms with Crippen LogP contribution in [0.2, 0.25) is 0 Å².